The van der Waals surface area contributed by atoms with Gasteiger partial charge in [-0.3, -0.25) is 0 Å². The molecule has 0 bridgehead atoms. The predicted molar refractivity (Wildman–Crippen MR) is 152 cm³/mol. The third-order valence-corrected chi connectivity index (χ3v) is 8.65. The Hall–Kier alpha value is -1.10. The number of unbranched alkanes of at least 4 members (excludes halogenated alkanes) is 16. The van der Waals surface area contributed by atoms with E-state index in [9.17, 15) is 10.5 Å². The van der Waals surface area contributed by atoms with Crippen molar-refractivity contribution in [2.75, 3.05) is 11.5 Å². The lowest BCUT2D eigenvalue weighted by atomic mass is 10.1. The Bertz CT molecular complexity index is 657. The fourth-order valence-corrected chi connectivity index (χ4v) is 6.27. The SMILES string of the molecule is CCCCCCCCCCCSc1ccc(SCCCCCCCCCCC)c(C#N)c1C#N. The maximum Gasteiger partial charge on any atom is 0.102 e. The van der Waals surface area contributed by atoms with Crippen molar-refractivity contribution in [1.29, 1.82) is 10.5 Å². The van der Waals surface area contributed by atoms with E-state index in [2.05, 4.69) is 38.1 Å². The maximum absolute atomic E-state index is 9.74. The molecule has 34 heavy (non-hydrogen) atoms. The number of nitriles is 2. The second-order valence-electron chi connectivity index (χ2n) is 9.39. The highest BCUT2D eigenvalue weighted by molar-refractivity contribution is 7.99. The molecule has 0 aliphatic carbocycles. The lowest BCUT2D eigenvalue weighted by molar-refractivity contribution is 0.573. The van der Waals surface area contributed by atoms with Crippen molar-refractivity contribution < 1.29 is 0 Å². The van der Waals surface area contributed by atoms with Gasteiger partial charge in [0.25, 0.3) is 0 Å². The molecule has 0 N–H and O–H groups in total. The molecular weight excluding hydrogens is 452 g/mol. The first-order valence-corrected chi connectivity index (χ1v) is 16.0. The van der Waals surface area contributed by atoms with Crippen LogP contribution in [0.4, 0.5) is 0 Å². The Kier molecular flexibility index (Phi) is 20.3. The molecule has 1 aromatic rings. The molecule has 2 nitrogen and oxygen atoms in total. The monoisotopic (exact) mass is 500 g/mol. The van der Waals surface area contributed by atoms with E-state index in [0.29, 0.717) is 11.1 Å². The summed E-state index contributed by atoms with van der Waals surface area (Å²) in [6.45, 7) is 4.53. The summed E-state index contributed by atoms with van der Waals surface area (Å²) in [7, 11) is 0. The van der Waals surface area contributed by atoms with Gasteiger partial charge >= 0.3 is 0 Å². The van der Waals surface area contributed by atoms with Crippen LogP contribution in [0, 0.1) is 22.7 Å². The van der Waals surface area contributed by atoms with Gasteiger partial charge in [0.2, 0.25) is 0 Å². The van der Waals surface area contributed by atoms with Crippen molar-refractivity contribution in [3.63, 3.8) is 0 Å². The second-order valence-corrected chi connectivity index (χ2v) is 11.7. The van der Waals surface area contributed by atoms with Gasteiger partial charge in [0.15, 0.2) is 0 Å². The van der Waals surface area contributed by atoms with Crippen LogP contribution in [-0.4, -0.2) is 11.5 Å². The van der Waals surface area contributed by atoms with E-state index >= 15 is 0 Å². The highest BCUT2D eigenvalue weighted by Crippen LogP contribution is 2.33. The minimum atomic E-state index is 0.584. The van der Waals surface area contributed by atoms with Gasteiger partial charge in [-0.2, -0.15) is 10.5 Å². The first-order valence-electron chi connectivity index (χ1n) is 14.0. The van der Waals surface area contributed by atoms with Crippen molar-refractivity contribution in [2.24, 2.45) is 0 Å². The summed E-state index contributed by atoms with van der Waals surface area (Å²) < 4.78 is 0. The molecule has 190 valence electrons. The van der Waals surface area contributed by atoms with E-state index in [1.165, 1.54) is 116 Å². The van der Waals surface area contributed by atoms with Crippen LogP contribution in [0.25, 0.3) is 0 Å². The molecule has 0 saturated heterocycles. The molecule has 0 saturated carbocycles. The molecule has 0 unspecified atom stereocenters. The standard InChI is InChI=1S/C30H48N2S2/c1-3-5-7-9-11-13-15-17-19-23-33-29-21-22-30(28(26-32)27(29)25-31)34-24-20-18-16-14-12-10-8-6-4-2/h21-22H,3-20,23-24H2,1-2H3. The fraction of sp³-hybridized carbons (Fsp3) is 0.733. The average molecular weight is 501 g/mol. The Balaban J connectivity index is 2.30. The smallest absolute Gasteiger partial charge is 0.102 e. The molecule has 0 fully saturated rings. The summed E-state index contributed by atoms with van der Waals surface area (Å²) >= 11 is 3.49. The van der Waals surface area contributed by atoms with Gasteiger partial charge in [-0.1, -0.05) is 117 Å². The van der Waals surface area contributed by atoms with Gasteiger partial charge in [0.05, 0.1) is 11.1 Å². The van der Waals surface area contributed by atoms with Gasteiger partial charge in [0.1, 0.15) is 12.1 Å². The number of nitrogens with zero attached hydrogens (tertiary/aromatic N) is 2. The van der Waals surface area contributed by atoms with E-state index in [1.807, 2.05) is 0 Å². The van der Waals surface area contributed by atoms with Crippen molar-refractivity contribution in [2.45, 2.75) is 139 Å². The Labute approximate surface area is 219 Å². The summed E-state index contributed by atoms with van der Waals surface area (Å²) in [5.41, 5.74) is 1.17. The predicted octanol–water partition coefficient (Wildman–Crippen LogP) is 10.7. The molecule has 4 heteroatoms. The van der Waals surface area contributed by atoms with Crippen molar-refractivity contribution in [3.05, 3.63) is 23.3 Å². The number of benzene rings is 1. The van der Waals surface area contributed by atoms with Crippen LogP contribution >= 0.6 is 23.5 Å². The maximum atomic E-state index is 9.74. The summed E-state index contributed by atoms with van der Waals surface area (Å²) in [6.07, 6.45) is 23.9. The second kappa shape index (κ2) is 22.4. The number of thioether (sulfide) groups is 2. The van der Waals surface area contributed by atoms with Crippen molar-refractivity contribution >= 4 is 23.5 Å². The quantitative estimate of drug-likeness (QED) is 0.117. The topological polar surface area (TPSA) is 47.6 Å². The number of hydrogen-bond acceptors (Lipinski definition) is 4. The van der Waals surface area contributed by atoms with Crippen LogP contribution < -0.4 is 0 Å². The fourth-order valence-electron chi connectivity index (χ4n) is 4.22. The van der Waals surface area contributed by atoms with Gasteiger partial charge < -0.3 is 0 Å². The van der Waals surface area contributed by atoms with Crippen LogP contribution in [-0.2, 0) is 0 Å². The Morgan fingerprint density at radius 2 is 0.794 bits per heavy atom. The van der Waals surface area contributed by atoms with Gasteiger partial charge in [-0.25, -0.2) is 0 Å². The zero-order chi connectivity index (χ0) is 24.7. The number of rotatable bonds is 22. The highest BCUT2D eigenvalue weighted by Gasteiger charge is 2.14. The Morgan fingerprint density at radius 1 is 0.500 bits per heavy atom. The molecule has 1 aromatic carbocycles. The van der Waals surface area contributed by atoms with Crippen LogP contribution in [0.2, 0.25) is 0 Å². The Morgan fingerprint density at radius 3 is 1.09 bits per heavy atom. The molecule has 0 aromatic heterocycles. The third-order valence-electron chi connectivity index (χ3n) is 6.36. The van der Waals surface area contributed by atoms with E-state index in [4.69, 9.17) is 0 Å². The van der Waals surface area contributed by atoms with E-state index < -0.39 is 0 Å². The summed E-state index contributed by atoms with van der Waals surface area (Å²) in [5.74, 6) is 2.06. The normalized spacial score (nSPS) is 10.8. The van der Waals surface area contributed by atoms with Gasteiger partial charge in [-0.05, 0) is 36.5 Å². The summed E-state index contributed by atoms with van der Waals surface area (Å²) in [5, 5.41) is 19.5. The molecular formula is C30H48N2S2. The lowest BCUT2D eigenvalue weighted by Crippen LogP contribution is -1.94. The molecule has 0 atom stereocenters. The van der Waals surface area contributed by atoms with Crippen molar-refractivity contribution in [1.82, 2.24) is 0 Å². The summed E-state index contributed by atoms with van der Waals surface area (Å²) in [6, 6.07) is 8.78. The molecule has 0 amide bonds. The minimum absolute atomic E-state index is 0.584. The molecule has 0 heterocycles. The van der Waals surface area contributed by atoms with E-state index in [-0.39, 0.29) is 0 Å². The first-order chi connectivity index (χ1) is 16.8. The van der Waals surface area contributed by atoms with Gasteiger partial charge in [-0.15, -0.1) is 23.5 Å². The molecule has 0 aliphatic heterocycles. The van der Waals surface area contributed by atoms with Crippen molar-refractivity contribution in [3.8, 4) is 12.1 Å². The highest BCUT2D eigenvalue weighted by atomic mass is 32.2. The van der Waals surface area contributed by atoms with Gasteiger partial charge in [0, 0.05) is 9.79 Å². The number of hydrogen-bond donors (Lipinski definition) is 0. The molecule has 0 aliphatic rings. The van der Waals surface area contributed by atoms with Crippen LogP contribution in [0.15, 0.2) is 21.9 Å². The third kappa shape index (κ3) is 14.3. The molecule has 1 rings (SSSR count). The average Bonchev–Trinajstić information content (AvgIpc) is 2.86. The zero-order valence-corrected chi connectivity index (χ0v) is 23.6. The first kappa shape index (κ1) is 30.9. The van der Waals surface area contributed by atoms with E-state index in [1.54, 1.807) is 23.5 Å². The lowest BCUT2D eigenvalue weighted by Gasteiger charge is -2.10. The summed E-state index contributed by atoms with van der Waals surface area (Å²) in [4.78, 5) is 1.96. The zero-order valence-electron chi connectivity index (χ0n) is 22.0. The van der Waals surface area contributed by atoms with Crippen LogP contribution in [0.3, 0.4) is 0 Å². The molecule has 0 spiro atoms. The minimum Gasteiger partial charge on any atom is -0.192 e. The molecule has 0 radical (unpaired) electrons. The van der Waals surface area contributed by atoms with Crippen LogP contribution in [0.1, 0.15) is 141 Å². The van der Waals surface area contributed by atoms with Crippen LogP contribution in [0.5, 0.6) is 0 Å². The van der Waals surface area contributed by atoms with E-state index in [0.717, 1.165) is 21.3 Å². The largest absolute Gasteiger partial charge is 0.192 e.